The Hall–Kier alpha value is -6.18. The molecular formula is C50H38N4. The molecule has 258 valence electrons. The summed E-state index contributed by atoms with van der Waals surface area (Å²) in [5, 5.41) is 10.9. The Balaban J connectivity index is 1.04. The van der Waals surface area contributed by atoms with Gasteiger partial charge in [0.2, 0.25) is 0 Å². The van der Waals surface area contributed by atoms with Crippen molar-refractivity contribution in [2.24, 2.45) is 23.7 Å². The van der Waals surface area contributed by atoms with E-state index in [-0.39, 0.29) is 5.41 Å². The van der Waals surface area contributed by atoms with Gasteiger partial charge in [0, 0.05) is 22.1 Å². The maximum absolute atomic E-state index is 10.9. The number of aromatic nitrogens is 3. The number of hydrogen-bond acceptors (Lipinski definition) is 4. The Kier molecular flexibility index (Phi) is 7.07. The molecular weight excluding hydrogens is 657 g/mol. The Labute approximate surface area is 316 Å². The number of fused-ring (bicyclic) bond motifs is 3. The van der Waals surface area contributed by atoms with E-state index in [2.05, 4.69) is 109 Å². The summed E-state index contributed by atoms with van der Waals surface area (Å²) in [6.07, 6.45) is 6.70. The third-order valence-corrected chi connectivity index (χ3v) is 13.2. The SMILES string of the molecule is N#Cc1cc(-c2nc(-c3ccccc3)nc(-c3ccc(-c4ccccc4)cc3)n2)ccc1-c1cccc2c1C1(c3ccccc3-2)C2CC3CC(C2)CC1C3. The zero-order chi connectivity index (χ0) is 35.8. The van der Waals surface area contributed by atoms with Gasteiger partial charge in [0.1, 0.15) is 0 Å². The maximum atomic E-state index is 10.9. The van der Waals surface area contributed by atoms with Gasteiger partial charge in [-0.05, 0) is 106 Å². The highest BCUT2D eigenvalue weighted by Crippen LogP contribution is 2.70. The van der Waals surface area contributed by atoms with E-state index in [0.717, 1.165) is 45.2 Å². The zero-order valence-corrected chi connectivity index (χ0v) is 30.0. The predicted molar refractivity (Wildman–Crippen MR) is 215 cm³/mol. The topological polar surface area (TPSA) is 62.5 Å². The van der Waals surface area contributed by atoms with E-state index in [1.165, 1.54) is 59.9 Å². The van der Waals surface area contributed by atoms with Crippen LogP contribution in [0.5, 0.6) is 0 Å². The fourth-order valence-corrected chi connectivity index (χ4v) is 11.2. The van der Waals surface area contributed by atoms with Crippen LogP contribution in [0.1, 0.15) is 48.8 Å². The lowest BCUT2D eigenvalue weighted by Crippen LogP contribution is -2.55. The molecule has 4 saturated carbocycles. The highest BCUT2D eigenvalue weighted by Gasteiger charge is 2.62. The van der Waals surface area contributed by atoms with Crippen LogP contribution in [-0.4, -0.2) is 15.0 Å². The Morgan fingerprint density at radius 3 is 1.57 bits per heavy atom. The molecule has 0 N–H and O–H groups in total. The second-order valence-corrected chi connectivity index (χ2v) is 15.9. The minimum Gasteiger partial charge on any atom is -0.208 e. The molecule has 54 heavy (non-hydrogen) atoms. The monoisotopic (exact) mass is 694 g/mol. The minimum atomic E-state index is 0.00505. The van der Waals surface area contributed by atoms with Crippen molar-refractivity contribution in [3.8, 4) is 73.6 Å². The van der Waals surface area contributed by atoms with E-state index >= 15 is 0 Å². The van der Waals surface area contributed by atoms with Crippen LogP contribution < -0.4 is 0 Å². The second-order valence-electron chi connectivity index (χ2n) is 15.9. The summed E-state index contributed by atoms with van der Waals surface area (Å²) < 4.78 is 0. The molecule has 1 aromatic heterocycles. The highest BCUT2D eigenvalue weighted by atomic mass is 15.0. The van der Waals surface area contributed by atoms with Crippen molar-refractivity contribution in [3.05, 3.63) is 162 Å². The van der Waals surface area contributed by atoms with Crippen LogP contribution in [0.4, 0.5) is 0 Å². The van der Waals surface area contributed by atoms with Crippen molar-refractivity contribution in [3.63, 3.8) is 0 Å². The molecule has 1 heterocycles. The fourth-order valence-electron chi connectivity index (χ4n) is 11.2. The highest BCUT2D eigenvalue weighted by molar-refractivity contribution is 5.91. The zero-order valence-electron chi connectivity index (χ0n) is 30.0. The largest absolute Gasteiger partial charge is 0.208 e. The summed E-state index contributed by atoms with van der Waals surface area (Å²) in [5.74, 6) is 4.77. The Morgan fingerprint density at radius 2 is 0.926 bits per heavy atom. The maximum Gasteiger partial charge on any atom is 0.164 e. The van der Waals surface area contributed by atoms with Crippen LogP contribution in [0.15, 0.2) is 146 Å². The Morgan fingerprint density at radius 1 is 0.444 bits per heavy atom. The van der Waals surface area contributed by atoms with E-state index in [0.29, 0.717) is 34.9 Å². The Bertz CT molecular complexity index is 2590. The molecule has 5 aliphatic carbocycles. The molecule has 0 atom stereocenters. The first-order chi connectivity index (χ1) is 26.7. The van der Waals surface area contributed by atoms with Crippen LogP contribution in [0.3, 0.4) is 0 Å². The van der Waals surface area contributed by atoms with Crippen molar-refractivity contribution in [1.82, 2.24) is 15.0 Å². The van der Waals surface area contributed by atoms with Gasteiger partial charge in [-0.25, -0.2) is 15.0 Å². The van der Waals surface area contributed by atoms with Gasteiger partial charge in [-0.2, -0.15) is 5.26 Å². The van der Waals surface area contributed by atoms with E-state index in [1.54, 1.807) is 0 Å². The summed E-state index contributed by atoms with van der Waals surface area (Å²) in [4.78, 5) is 15.0. The minimum absolute atomic E-state index is 0.00505. The summed E-state index contributed by atoms with van der Waals surface area (Å²) in [7, 11) is 0. The number of benzene rings is 6. The van der Waals surface area contributed by atoms with Gasteiger partial charge in [-0.15, -0.1) is 0 Å². The van der Waals surface area contributed by atoms with E-state index in [4.69, 9.17) is 15.0 Å². The summed E-state index contributed by atoms with van der Waals surface area (Å²) in [6, 6.07) is 53.7. The lowest BCUT2D eigenvalue weighted by molar-refractivity contribution is -0.0397. The van der Waals surface area contributed by atoms with Crippen molar-refractivity contribution >= 4 is 0 Å². The molecule has 0 radical (unpaired) electrons. The number of nitrogens with zero attached hydrogens (tertiary/aromatic N) is 4. The quantitative estimate of drug-likeness (QED) is 0.180. The van der Waals surface area contributed by atoms with Crippen LogP contribution in [0.2, 0.25) is 0 Å². The standard InChI is InChI=1S/C50H38N4/c51-30-38-29-37(49-53-47(35-12-5-2-6-13-35)52-48(54-49)36-20-18-34(19-21-36)33-10-3-1-4-11-33)22-23-41(38)43-15-9-16-44-42-14-7-8-17-45(42)50(46(43)44)39-25-31-24-32(27-39)28-40(50)26-31/h1-23,29,31-32,39-40H,24-28H2. The third kappa shape index (κ3) is 4.71. The molecule has 4 nitrogen and oxygen atoms in total. The molecule has 0 unspecified atom stereocenters. The molecule has 7 aromatic rings. The van der Waals surface area contributed by atoms with E-state index < -0.39 is 0 Å². The second kappa shape index (κ2) is 12.2. The van der Waals surface area contributed by atoms with Crippen molar-refractivity contribution in [2.45, 2.75) is 37.5 Å². The summed E-state index contributed by atoms with van der Waals surface area (Å²) in [5.41, 5.74) is 13.5. The third-order valence-electron chi connectivity index (χ3n) is 13.2. The lowest BCUT2D eigenvalue weighted by atomic mass is 9.42. The predicted octanol–water partition coefficient (Wildman–Crippen LogP) is 11.8. The molecule has 4 bridgehead atoms. The van der Waals surface area contributed by atoms with Crippen molar-refractivity contribution < 1.29 is 0 Å². The first kappa shape index (κ1) is 31.4. The first-order valence-electron chi connectivity index (χ1n) is 19.4. The van der Waals surface area contributed by atoms with Crippen LogP contribution in [0.25, 0.3) is 67.5 Å². The van der Waals surface area contributed by atoms with Crippen LogP contribution in [-0.2, 0) is 5.41 Å². The van der Waals surface area contributed by atoms with E-state index in [9.17, 15) is 5.26 Å². The van der Waals surface area contributed by atoms with Crippen LogP contribution in [0, 0.1) is 35.0 Å². The molecule has 6 aromatic carbocycles. The lowest BCUT2D eigenvalue weighted by Gasteiger charge is -2.61. The van der Waals surface area contributed by atoms with Crippen LogP contribution >= 0.6 is 0 Å². The molecule has 0 aliphatic heterocycles. The smallest absolute Gasteiger partial charge is 0.164 e. The average molecular weight is 695 g/mol. The number of hydrogen-bond donors (Lipinski definition) is 0. The fraction of sp³-hybridized carbons (Fsp3) is 0.200. The molecule has 0 saturated heterocycles. The average Bonchev–Trinajstić information content (AvgIpc) is 3.54. The number of nitriles is 1. The summed E-state index contributed by atoms with van der Waals surface area (Å²) in [6.45, 7) is 0. The van der Waals surface area contributed by atoms with Gasteiger partial charge in [0.15, 0.2) is 17.5 Å². The van der Waals surface area contributed by atoms with Gasteiger partial charge in [0.05, 0.1) is 11.6 Å². The van der Waals surface area contributed by atoms with Gasteiger partial charge in [-0.3, -0.25) is 0 Å². The molecule has 4 heteroatoms. The first-order valence-corrected chi connectivity index (χ1v) is 19.4. The number of rotatable bonds is 5. The van der Waals surface area contributed by atoms with Gasteiger partial charge < -0.3 is 0 Å². The molecule has 4 fully saturated rings. The van der Waals surface area contributed by atoms with E-state index in [1.807, 2.05) is 42.5 Å². The summed E-state index contributed by atoms with van der Waals surface area (Å²) >= 11 is 0. The molecule has 5 aliphatic rings. The van der Waals surface area contributed by atoms with Crippen molar-refractivity contribution in [2.75, 3.05) is 0 Å². The van der Waals surface area contributed by atoms with Crippen molar-refractivity contribution in [1.29, 1.82) is 5.26 Å². The van der Waals surface area contributed by atoms with Gasteiger partial charge >= 0.3 is 0 Å². The molecule has 1 spiro atoms. The molecule has 0 amide bonds. The molecule has 12 rings (SSSR count). The van der Waals surface area contributed by atoms with Gasteiger partial charge in [0.25, 0.3) is 0 Å². The normalized spacial score (nSPS) is 22.9. The van der Waals surface area contributed by atoms with Gasteiger partial charge in [-0.1, -0.05) is 140 Å².